The van der Waals surface area contributed by atoms with Gasteiger partial charge in [0.05, 0.1) is 11.7 Å². The number of carboxylic acid groups (broad SMARTS) is 1. The van der Waals surface area contributed by atoms with E-state index in [2.05, 4.69) is 4.98 Å². The number of carbonyl (C=O) groups is 2. The quantitative estimate of drug-likeness (QED) is 0.797. The summed E-state index contributed by atoms with van der Waals surface area (Å²) in [5.41, 5.74) is 0.0615. The molecule has 19 heavy (non-hydrogen) atoms. The van der Waals surface area contributed by atoms with Gasteiger partial charge in [-0.2, -0.15) is 0 Å². The molecule has 8 heteroatoms. The number of aliphatic hydroxyl groups excluding tert-OH is 1. The predicted molar refractivity (Wildman–Crippen MR) is 67.3 cm³/mol. The highest BCUT2D eigenvalue weighted by molar-refractivity contribution is 6.34. The Labute approximate surface area is 118 Å². The van der Waals surface area contributed by atoms with E-state index in [0.717, 1.165) is 4.90 Å². The smallest absolute Gasteiger partial charge is 0.326 e. The Hall–Kier alpha value is -1.37. The lowest BCUT2D eigenvalue weighted by Crippen LogP contribution is -2.40. The van der Waals surface area contributed by atoms with Crippen molar-refractivity contribution in [2.45, 2.75) is 18.6 Å². The lowest BCUT2D eigenvalue weighted by molar-refractivity contribution is -0.141. The Bertz CT molecular complexity index is 537. The van der Waals surface area contributed by atoms with E-state index >= 15 is 0 Å². The van der Waals surface area contributed by atoms with E-state index in [1.165, 1.54) is 12.1 Å². The molecule has 2 unspecified atom stereocenters. The minimum atomic E-state index is -1.16. The number of amides is 1. The standard InChI is InChI=1S/C11H10Cl2N2O4/c12-8-2-1-6(9(13)14-8)10(17)15-4-5(16)3-7(15)11(18)19/h1-2,5,7,16H,3-4H2,(H,18,19). The highest BCUT2D eigenvalue weighted by atomic mass is 35.5. The fourth-order valence-corrected chi connectivity index (χ4v) is 2.42. The Morgan fingerprint density at radius 3 is 2.63 bits per heavy atom. The zero-order chi connectivity index (χ0) is 14.2. The van der Waals surface area contributed by atoms with Crippen molar-refractivity contribution < 1.29 is 19.8 Å². The van der Waals surface area contributed by atoms with E-state index in [4.69, 9.17) is 28.3 Å². The number of aliphatic carboxylic acids is 1. The van der Waals surface area contributed by atoms with Crippen LogP contribution in [0.15, 0.2) is 12.1 Å². The molecule has 102 valence electrons. The summed E-state index contributed by atoms with van der Waals surface area (Å²) in [6.07, 6.45) is -0.858. The summed E-state index contributed by atoms with van der Waals surface area (Å²) in [4.78, 5) is 28.1. The molecular formula is C11H10Cl2N2O4. The molecule has 0 spiro atoms. The number of aromatic nitrogens is 1. The van der Waals surface area contributed by atoms with Gasteiger partial charge in [-0.1, -0.05) is 23.2 Å². The SMILES string of the molecule is O=C(O)C1CC(O)CN1C(=O)c1ccc(Cl)nc1Cl. The molecule has 2 heterocycles. The van der Waals surface area contributed by atoms with Crippen molar-refractivity contribution in [1.29, 1.82) is 0 Å². The number of pyridine rings is 1. The maximum atomic E-state index is 12.2. The zero-order valence-corrected chi connectivity index (χ0v) is 11.1. The van der Waals surface area contributed by atoms with Crippen LogP contribution < -0.4 is 0 Å². The molecule has 1 aliphatic rings. The van der Waals surface area contributed by atoms with Gasteiger partial charge in [0.25, 0.3) is 5.91 Å². The summed E-state index contributed by atoms with van der Waals surface area (Å²) >= 11 is 11.4. The average Bonchev–Trinajstić information content (AvgIpc) is 2.70. The van der Waals surface area contributed by atoms with E-state index in [9.17, 15) is 14.7 Å². The molecule has 0 aliphatic carbocycles. The molecule has 1 aromatic rings. The van der Waals surface area contributed by atoms with Crippen LogP contribution in [0.1, 0.15) is 16.8 Å². The normalized spacial score (nSPS) is 22.6. The van der Waals surface area contributed by atoms with Gasteiger partial charge >= 0.3 is 5.97 Å². The fraction of sp³-hybridized carbons (Fsp3) is 0.364. The highest BCUT2D eigenvalue weighted by Crippen LogP contribution is 2.24. The zero-order valence-electron chi connectivity index (χ0n) is 9.58. The molecular weight excluding hydrogens is 295 g/mol. The molecule has 1 aromatic heterocycles. The number of hydrogen-bond acceptors (Lipinski definition) is 4. The Morgan fingerprint density at radius 2 is 2.05 bits per heavy atom. The van der Waals surface area contributed by atoms with Gasteiger partial charge in [-0.25, -0.2) is 9.78 Å². The molecule has 6 nitrogen and oxygen atoms in total. The Balaban J connectivity index is 2.30. The van der Waals surface area contributed by atoms with Crippen LogP contribution in [0.3, 0.4) is 0 Å². The summed E-state index contributed by atoms with van der Waals surface area (Å²) in [7, 11) is 0. The second kappa shape index (κ2) is 5.32. The van der Waals surface area contributed by atoms with Crippen molar-refractivity contribution in [2.24, 2.45) is 0 Å². The van der Waals surface area contributed by atoms with E-state index < -0.39 is 24.0 Å². The van der Waals surface area contributed by atoms with E-state index in [-0.39, 0.29) is 28.8 Å². The topological polar surface area (TPSA) is 90.7 Å². The van der Waals surface area contributed by atoms with Crippen molar-refractivity contribution in [2.75, 3.05) is 6.54 Å². The summed E-state index contributed by atoms with van der Waals surface area (Å²) in [6, 6.07) is 1.71. The largest absolute Gasteiger partial charge is 0.480 e. The number of hydrogen-bond donors (Lipinski definition) is 2. The summed E-state index contributed by atoms with van der Waals surface area (Å²) in [5.74, 6) is -1.75. The van der Waals surface area contributed by atoms with Gasteiger partial charge < -0.3 is 15.1 Å². The van der Waals surface area contributed by atoms with Crippen molar-refractivity contribution in [3.63, 3.8) is 0 Å². The van der Waals surface area contributed by atoms with E-state index in [0.29, 0.717) is 0 Å². The lowest BCUT2D eigenvalue weighted by Gasteiger charge is -2.21. The van der Waals surface area contributed by atoms with Gasteiger partial charge in [0.2, 0.25) is 0 Å². The number of aliphatic hydroxyl groups is 1. The monoisotopic (exact) mass is 304 g/mol. The molecule has 0 aromatic carbocycles. The number of halogens is 2. The number of carbonyl (C=O) groups excluding carboxylic acids is 1. The van der Waals surface area contributed by atoms with Crippen molar-refractivity contribution in [3.05, 3.63) is 28.0 Å². The maximum absolute atomic E-state index is 12.2. The molecule has 1 amide bonds. The van der Waals surface area contributed by atoms with Gasteiger partial charge in [-0.05, 0) is 12.1 Å². The van der Waals surface area contributed by atoms with E-state index in [1.807, 2.05) is 0 Å². The number of likely N-dealkylation sites (tertiary alicyclic amines) is 1. The van der Waals surface area contributed by atoms with Crippen LogP contribution >= 0.6 is 23.2 Å². The summed E-state index contributed by atoms with van der Waals surface area (Å²) in [5, 5.41) is 18.6. The van der Waals surface area contributed by atoms with Gasteiger partial charge in [-0.3, -0.25) is 4.79 Å². The van der Waals surface area contributed by atoms with Gasteiger partial charge in [0, 0.05) is 13.0 Å². The molecule has 0 radical (unpaired) electrons. The van der Waals surface area contributed by atoms with Crippen molar-refractivity contribution in [3.8, 4) is 0 Å². The number of nitrogens with zero attached hydrogens (tertiary/aromatic N) is 2. The molecule has 0 bridgehead atoms. The van der Waals surface area contributed by atoms with E-state index in [1.54, 1.807) is 0 Å². The van der Waals surface area contributed by atoms with Gasteiger partial charge in [-0.15, -0.1) is 0 Å². The molecule has 1 aliphatic heterocycles. The van der Waals surface area contributed by atoms with Crippen LogP contribution in [0, 0.1) is 0 Å². The minimum absolute atomic E-state index is 0.000287. The van der Waals surface area contributed by atoms with Crippen LogP contribution in [-0.2, 0) is 4.79 Å². The molecule has 2 rings (SSSR count). The number of β-amino-alcohol motifs (C(OH)–C–C–N with tert-alkyl or cyclic N) is 1. The number of rotatable bonds is 2. The second-order valence-corrected chi connectivity index (χ2v) is 4.92. The lowest BCUT2D eigenvalue weighted by atomic mass is 10.2. The van der Waals surface area contributed by atoms with Crippen LogP contribution in [0.2, 0.25) is 10.3 Å². The van der Waals surface area contributed by atoms with Crippen molar-refractivity contribution >= 4 is 35.1 Å². The molecule has 0 saturated carbocycles. The molecule has 2 N–H and O–H groups in total. The van der Waals surface area contributed by atoms with Gasteiger partial charge in [0.1, 0.15) is 16.3 Å². The third kappa shape index (κ3) is 2.80. The van der Waals surface area contributed by atoms with Crippen LogP contribution in [0.25, 0.3) is 0 Å². The molecule has 2 atom stereocenters. The van der Waals surface area contributed by atoms with Crippen molar-refractivity contribution in [1.82, 2.24) is 9.88 Å². The minimum Gasteiger partial charge on any atom is -0.480 e. The van der Waals surface area contributed by atoms with Gasteiger partial charge in [0.15, 0.2) is 0 Å². The number of carboxylic acids is 1. The van der Waals surface area contributed by atoms with Crippen LogP contribution in [0.4, 0.5) is 0 Å². The first-order chi connectivity index (χ1) is 8.90. The highest BCUT2D eigenvalue weighted by Gasteiger charge is 2.39. The first-order valence-corrected chi connectivity index (χ1v) is 6.19. The summed E-state index contributed by atoms with van der Waals surface area (Å²) < 4.78 is 0. The fourth-order valence-electron chi connectivity index (χ4n) is 2.00. The molecule has 1 fully saturated rings. The third-order valence-corrected chi connectivity index (χ3v) is 3.37. The summed E-state index contributed by atoms with van der Waals surface area (Å²) in [6.45, 7) is -0.0469. The maximum Gasteiger partial charge on any atom is 0.326 e. The molecule has 1 saturated heterocycles. The second-order valence-electron chi connectivity index (χ2n) is 4.17. The predicted octanol–water partition coefficient (Wildman–Crippen LogP) is 1.05. The third-order valence-electron chi connectivity index (χ3n) is 2.87. The average molecular weight is 305 g/mol. The van der Waals surface area contributed by atoms with Crippen LogP contribution in [0.5, 0.6) is 0 Å². The first-order valence-electron chi connectivity index (χ1n) is 5.44. The Morgan fingerprint density at radius 1 is 1.37 bits per heavy atom. The first kappa shape index (κ1) is 14.0. The van der Waals surface area contributed by atoms with Crippen LogP contribution in [-0.4, -0.2) is 50.7 Å². The Kier molecular flexibility index (Phi) is 3.93.